The van der Waals surface area contributed by atoms with Gasteiger partial charge in [-0.2, -0.15) is 0 Å². The van der Waals surface area contributed by atoms with Gasteiger partial charge in [-0.25, -0.2) is 18.0 Å². The van der Waals surface area contributed by atoms with Crippen molar-refractivity contribution in [3.05, 3.63) is 0 Å². The number of amides is 2. The zero-order chi connectivity index (χ0) is 14.6. The Morgan fingerprint density at radius 2 is 2.11 bits per heavy atom. The highest BCUT2D eigenvalue weighted by Crippen LogP contribution is 2.20. The first-order valence-corrected chi connectivity index (χ1v) is 7.78. The third kappa shape index (κ3) is 4.67. The molecule has 0 aromatic rings. The number of carbonyl (C=O) groups excluding carboxylic acids is 1. The number of nitrogens with zero attached hydrogens (tertiary/aromatic N) is 1. The quantitative estimate of drug-likeness (QED) is 0.666. The van der Waals surface area contributed by atoms with Crippen LogP contribution in [0, 0.1) is 0 Å². The van der Waals surface area contributed by atoms with Crippen LogP contribution in [0.15, 0.2) is 0 Å². The maximum atomic E-state index is 11.8. The fraction of sp³-hybridized carbons (Fsp3) is 0.800. The summed E-state index contributed by atoms with van der Waals surface area (Å²) in [6, 6.07) is -1.53. The van der Waals surface area contributed by atoms with Crippen LogP contribution in [-0.4, -0.2) is 74.8 Å². The lowest BCUT2D eigenvalue weighted by molar-refractivity contribution is -0.141. The molecule has 2 N–H and O–H groups in total. The zero-order valence-electron chi connectivity index (χ0n) is 10.8. The number of sulfone groups is 1. The monoisotopic (exact) mass is 294 g/mol. The van der Waals surface area contributed by atoms with Crippen LogP contribution in [0.25, 0.3) is 0 Å². The number of aliphatic carboxylic acids is 1. The lowest BCUT2D eigenvalue weighted by Gasteiger charge is -2.21. The smallest absolute Gasteiger partial charge is 0.326 e. The van der Waals surface area contributed by atoms with E-state index in [9.17, 15) is 18.0 Å². The average Bonchev–Trinajstić information content (AvgIpc) is 2.71. The molecular formula is C10H18N2O6S. The third-order valence-electron chi connectivity index (χ3n) is 2.89. The summed E-state index contributed by atoms with van der Waals surface area (Å²) in [5.74, 6) is -1.28. The Hall–Kier alpha value is -1.35. The fourth-order valence-electron chi connectivity index (χ4n) is 1.87. The first-order chi connectivity index (χ1) is 8.74. The van der Waals surface area contributed by atoms with Crippen LogP contribution in [0.2, 0.25) is 0 Å². The second-order valence-electron chi connectivity index (χ2n) is 4.46. The van der Waals surface area contributed by atoms with E-state index < -0.39 is 27.9 Å². The first-order valence-electron chi connectivity index (χ1n) is 5.72. The largest absolute Gasteiger partial charge is 0.480 e. The molecule has 0 radical (unpaired) electrons. The Kier molecular flexibility index (Phi) is 5.12. The lowest BCUT2D eigenvalue weighted by Crippen LogP contribution is -2.47. The second-order valence-corrected chi connectivity index (χ2v) is 6.72. The number of methoxy groups -OCH3 is 1. The third-order valence-corrected chi connectivity index (χ3v) is 3.84. The molecule has 0 spiro atoms. The van der Waals surface area contributed by atoms with Gasteiger partial charge < -0.3 is 20.1 Å². The number of nitrogens with one attached hydrogen (secondary N) is 1. The van der Waals surface area contributed by atoms with E-state index in [1.165, 1.54) is 7.11 Å². The number of urea groups is 1. The summed E-state index contributed by atoms with van der Waals surface area (Å²) >= 11 is 0. The molecule has 1 fully saturated rings. The summed E-state index contributed by atoms with van der Waals surface area (Å²) in [6.45, 7) is 0.135. The van der Waals surface area contributed by atoms with Crippen molar-refractivity contribution in [2.24, 2.45) is 0 Å². The van der Waals surface area contributed by atoms with Gasteiger partial charge in [-0.05, 0) is 0 Å². The van der Waals surface area contributed by atoms with Crippen LogP contribution in [-0.2, 0) is 19.4 Å². The van der Waals surface area contributed by atoms with Crippen LogP contribution in [0.3, 0.4) is 0 Å². The molecule has 2 unspecified atom stereocenters. The van der Waals surface area contributed by atoms with Crippen LogP contribution in [0.4, 0.5) is 4.79 Å². The zero-order valence-corrected chi connectivity index (χ0v) is 11.6. The van der Waals surface area contributed by atoms with Crippen molar-refractivity contribution in [3.8, 4) is 0 Å². The molecule has 1 heterocycles. The normalized spacial score (nSPS) is 23.4. The van der Waals surface area contributed by atoms with Crippen LogP contribution in [0.5, 0.6) is 0 Å². The van der Waals surface area contributed by atoms with Crippen molar-refractivity contribution in [3.63, 3.8) is 0 Å². The number of carbonyl (C=O) groups is 2. The van der Waals surface area contributed by atoms with Gasteiger partial charge in [-0.1, -0.05) is 0 Å². The minimum absolute atomic E-state index is 0.0435. The van der Waals surface area contributed by atoms with Gasteiger partial charge in [0.25, 0.3) is 0 Å². The van der Waals surface area contributed by atoms with Gasteiger partial charge in [0.05, 0.1) is 11.9 Å². The van der Waals surface area contributed by atoms with E-state index in [1.807, 2.05) is 0 Å². The SMILES string of the molecule is COC1CC(C(=O)O)N(C(=O)NCCS(C)(=O)=O)C1. The molecule has 1 rings (SSSR count). The van der Waals surface area contributed by atoms with Crippen LogP contribution in [0.1, 0.15) is 6.42 Å². The lowest BCUT2D eigenvalue weighted by atomic mass is 10.2. The number of hydrogen-bond acceptors (Lipinski definition) is 5. The van der Waals surface area contributed by atoms with E-state index in [4.69, 9.17) is 9.84 Å². The molecule has 1 saturated heterocycles. The summed E-state index contributed by atoms with van der Waals surface area (Å²) in [5.41, 5.74) is 0. The minimum atomic E-state index is -3.16. The molecule has 8 nitrogen and oxygen atoms in total. The maximum Gasteiger partial charge on any atom is 0.326 e. The predicted octanol–water partition coefficient (Wildman–Crippen LogP) is -1.09. The molecule has 0 aliphatic carbocycles. The highest BCUT2D eigenvalue weighted by molar-refractivity contribution is 7.90. The van der Waals surface area contributed by atoms with Crippen molar-refractivity contribution in [2.75, 3.05) is 32.2 Å². The van der Waals surface area contributed by atoms with Crippen molar-refractivity contribution in [1.82, 2.24) is 10.2 Å². The Morgan fingerprint density at radius 3 is 2.58 bits per heavy atom. The van der Waals surface area contributed by atoms with Crippen molar-refractivity contribution < 1.29 is 27.9 Å². The molecule has 1 aliphatic heterocycles. The summed E-state index contributed by atoms with van der Waals surface area (Å²) < 4.78 is 26.9. The predicted molar refractivity (Wildman–Crippen MR) is 66.7 cm³/mol. The topological polar surface area (TPSA) is 113 Å². The van der Waals surface area contributed by atoms with Gasteiger partial charge in [0.1, 0.15) is 15.9 Å². The summed E-state index contributed by atoms with van der Waals surface area (Å²) in [7, 11) is -1.71. The maximum absolute atomic E-state index is 11.8. The van der Waals surface area contributed by atoms with Crippen molar-refractivity contribution in [2.45, 2.75) is 18.6 Å². The summed E-state index contributed by atoms with van der Waals surface area (Å²) in [4.78, 5) is 24.0. The van der Waals surface area contributed by atoms with Crippen molar-refractivity contribution >= 4 is 21.8 Å². The molecule has 2 atom stereocenters. The molecular weight excluding hydrogens is 276 g/mol. The molecule has 110 valence electrons. The number of rotatable bonds is 5. The van der Waals surface area contributed by atoms with Crippen LogP contribution >= 0.6 is 0 Å². The highest BCUT2D eigenvalue weighted by atomic mass is 32.2. The van der Waals surface area contributed by atoms with E-state index in [0.29, 0.717) is 0 Å². The number of carboxylic acid groups (broad SMARTS) is 1. The molecule has 0 aromatic heterocycles. The van der Waals surface area contributed by atoms with Gasteiger partial charge in [-0.15, -0.1) is 0 Å². The summed E-state index contributed by atoms with van der Waals surface area (Å²) in [6.07, 6.45) is 0.975. The molecule has 19 heavy (non-hydrogen) atoms. The first kappa shape index (κ1) is 15.7. The van der Waals surface area contributed by atoms with Gasteiger partial charge in [0, 0.05) is 32.9 Å². The Balaban J connectivity index is 2.57. The van der Waals surface area contributed by atoms with E-state index in [0.717, 1.165) is 11.2 Å². The average molecular weight is 294 g/mol. The van der Waals surface area contributed by atoms with Gasteiger partial charge >= 0.3 is 12.0 Å². The number of likely N-dealkylation sites (tertiary alicyclic amines) is 1. The van der Waals surface area contributed by atoms with E-state index in [2.05, 4.69) is 5.32 Å². The Labute approximate surface area is 111 Å². The highest BCUT2D eigenvalue weighted by Gasteiger charge is 2.39. The number of carboxylic acids is 1. The van der Waals surface area contributed by atoms with E-state index >= 15 is 0 Å². The van der Waals surface area contributed by atoms with Crippen LogP contribution < -0.4 is 5.32 Å². The molecule has 2 amide bonds. The second kappa shape index (κ2) is 6.20. The fourth-order valence-corrected chi connectivity index (χ4v) is 2.34. The van der Waals surface area contributed by atoms with Crippen molar-refractivity contribution in [1.29, 1.82) is 0 Å². The minimum Gasteiger partial charge on any atom is -0.480 e. The number of ether oxygens (including phenoxy) is 1. The van der Waals surface area contributed by atoms with E-state index in [1.54, 1.807) is 0 Å². The van der Waals surface area contributed by atoms with E-state index in [-0.39, 0.29) is 31.4 Å². The molecule has 1 aliphatic rings. The molecule has 0 aromatic carbocycles. The Morgan fingerprint density at radius 1 is 1.47 bits per heavy atom. The molecule has 0 bridgehead atoms. The van der Waals surface area contributed by atoms with Gasteiger partial charge in [-0.3, -0.25) is 0 Å². The standard InChI is InChI=1S/C10H18N2O6S/c1-18-7-5-8(9(13)14)12(6-7)10(15)11-3-4-19(2,16)17/h7-8H,3-6H2,1-2H3,(H,11,15)(H,13,14). The molecule has 0 saturated carbocycles. The number of hydrogen-bond donors (Lipinski definition) is 2. The molecule has 9 heteroatoms. The Bertz CT molecular complexity index is 449. The van der Waals surface area contributed by atoms with Gasteiger partial charge in [0.15, 0.2) is 0 Å². The summed E-state index contributed by atoms with van der Waals surface area (Å²) in [5, 5.41) is 11.4. The van der Waals surface area contributed by atoms with Gasteiger partial charge in [0.2, 0.25) is 0 Å².